The first kappa shape index (κ1) is 56.5. The van der Waals surface area contributed by atoms with Gasteiger partial charge in [0.05, 0.1) is 41.1 Å². The summed E-state index contributed by atoms with van der Waals surface area (Å²) in [4.78, 5) is 4.91. The molecule has 0 saturated carbocycles. The van der Waals surface area contributed by atoms with Gasteiger partial charge in [-0.25, -0.2) is 0 Å². The van der Waals surface area contributed by atoms with Crippen LogP contribution in [0.1, 0.15) is 143 Å². The van der Waals surface area contributed by atoms with Crippen LogP contribution in [0.3, 0.4) is 0 Å². The standard InChI is InChI=1S/2C24H23NOS.C23H21NO2S/c1-15(2)26-23-10-8-17(11-18(23)13-25)19-12-24(27-14-19)22-6-4-5-20-16(3)7-9-21(20)22;1-15(2)26-22-10-8-17(13-18(22)14-25)23-11-12-24(27-23)21-6-4-5-19-16(3)7-9-20(19)21;1-14(2)26-22-9-6-15(10-16(22)12-24)23-11-17(13-27-23)18-4-3-5-20-19(18)7-8-21(20)25/h4-6,8,10-12,14-16H,7,9H2,1-3H3;4-6,8,10-13,15-16H,7,9H2,1-3H3;3-6,9-11,13-14,21,25H,7-8H2,1-2H3/t;16-;/m.1./s1. The molecule has 3 aliphatic rings. The third-order valence-corrected chi connectivity index (χ3v) is 18.4. The largest absolute Gasteiger partial charge is 0.490 e. The van der Waals surface area contributed by atoms with Crippen LogP contribution in [0, 0.1) is 34.0 Å². The third-order valence-electron chi connectivity index (χ3n) is 15.3. The molecule has 0 aliphatic heterocycles. The number of fused-ring (bicyclic) bond motifs is 3. The molecular formula is C71H67N3O4S3. The molecule has 0 saturated heterocycles. The van der Waals surface area contributed by atoms with Gasteiger partial charge in [0.15, 0.2) is 0 Å². The van der Waals surface area contributed by atoms with Crippen LogP contribution in [0.15, 0.2) is 144 Å². The molecule has 10 heteroatoms. The molecule has 1 N–H and O–H groups in total. The fourth-order valence-electron chi connectivity index (χ4n) is 11.4. The minimum Gasteiger partial charge on any atom is -0.490 e. The molecule has 3 heterocycles. The van der Waals surface area contributed by atoms with E-state index in [4.69, 9.17) is 14.2 Å². The molecule has 12 rings (SSSR count). The van der Waals surface area contributed by atoms with Gasteiger partial charge in [-0.2, -0.15) is 15.8 Å². The van der Waals surface area contributed by atoms with Crippen LogP contribution in [-0.2, 0) is 19.3 Å². The van der Waals surface area contributed by atoms with Crippen molar-refractivity contribution in [1.29, 1.82) is 15.8 Å². The quantitative estimate of drug-likeness (QED) is 0.129. The van der Waals surface area contributed by atoms with Crippen molar-refractivity contribution < 1.29 is 19.3 Å². The minimum absolute atomic E-state index is 0.0341. The first-order chi connectivity index (χ1) is 39.2. The van der Waals surface area contributed by atoms with E-state index in [1.165, 1.54) is 90.4 Å². The monoisotopic (exact) mass is 1120 g/mol. The zero-order valence-corrected chi connectivity index (χ0v) is 49.8. The Kier molecular flexibility index (Phi) is 17.4. The third kappa shape index (κ3) is 12.4. The molecule has 0 radical (unpaired) electrons. The summed E-state index contributed by atoms with van der Waals surface area (Å²) in [6.45, 7) is 16.4. The average molecular weight is 1120 g/mol. The molecule has 0 spiro atoms. The number of ether oxygens (including phenoxy) is 3. The lowest BCUT2D eigenvalue weighted by molar-refractivity contribution is 0.180. The predicted octanol–water partition coefficient (Wildman–Crippen LogP) is 19.3. The van der Waals surface area contributed by atoms with Crippen LogP contribution in [0.5, 0.6) is 17.2 Å². The Morgan fingerprint density at radius 3 is 1.40 bits per heavy atom. The van der Waals surface area contributed by atoms with Crippen molar-refractivity contribution in [3.8, 4) is 99.5 Å². The number of thiophene rings is 3. The highest BCUT2D eigenvalue weighted by Crippen LogP contribution is 2.45. The first-order valence-electron chi connectivity index (χ1n) is 28.1. The van der Waals surface area contributed by atoms with Gasteiger partial charge in [-0.3, -0.25) is 0 Å². The number of benzene rings is 6. The Hall–Kier alpha value is -7.75. The maximum atomic E-state index is 10.1. The minimum atomic E-state index is -0.343. The summed E-state index contributed by atoms with van der Waals surface area (Å²) in [5, 5.41) is 42.9. The second kappa shape index (κ2) is 24.9. The molecule has 2 unspecified atom stereocenters. The van der Waals surface area contributed by atoms with Gasteiger partial charge >= 0.3 is 0 Å². The van der Waals surface area contributed by atoms with Gasteiger partial charge in [-0.05, 0) is 253 Å². The number of rotatable bonds is 12. The number of nitriles is 3. The number of nitrogens with zero attached hydrogens (tertiary/aromatic N) is 3. The summed E-state index contributed by atoms with van der Waals surface area (Å²) in [6, 6.07) is 52.7. The number of hydrogen-bond donors (Lipinski definition) is 1. The summed E-state index contributed by atoms with van der Waals surface area (Å²) < 4.78 is 17.2. The first-order valence-corrected chi connectivity index (χ1v) is 30.7. The molecule has 81 heavy (non-hydrogen) atoms. The van der Waals surface area contributed by atoms with Crippen molar-refractivity contribution in [2.24, 2.45) is 0 Å². The van der Waals surface area contributed by atoms with E-state index in [1.54, 1.807) is 34.0 Å². The lowest BCUT2D eigenvalue weighted by Crippen LogP contribution is -2.06. The molecule has 3 atom stereocenters. The lowest BCUT2D eigenvalue weighted by atomic mass is 9.98. The molecule has 0 fully saturated rings. The average Bonchev–Trinajstić information content (AvgIpc) is 4.41. The van der Waals surface area contributed by atoms with E-state index in [1.807, 2.05) is 108 Å². The zero-order chi connectivity index (χ0) is 56.9. The normalized spacial score (nSPS) is 15.6. The van der Waals surface area contributed by atoms with Crippen LogP contribution in [-0.4, -0.2) is 23.4 Å². The maximum Gasteiger partial charge on any atom is 0.137 e. The summed E-state index contributed by atoms with van der Waals surface area (Å²) in [5.41, 5.74) is 19.5. The van der Waals surface area contributed by atoms with Crippen LogP contribution < -0.4 is 14.2 Å². The molecule has 9 aromatic rings. The van der Waals surface area contributed by atoms with E-state index in [9.17, 15) is 20.9 Å². The second-order valence-electron chi connectivity index (χ2n) is 22.1. The summed E-state index contributed by atoms with van der Waals surface area (Å²) in [5.74, 6) is 3.25. The van der Waals surface area contributed by atoms with E-state index in [-0.39, 0.29) is 24.4 Å². The molecule has 3 aliphatic carbocycles. The van der Waals surface area contributed by atoms with Crippen LogP contribution in [0.25, 0.3) is 64.0 Å². The van der Waals surface area contributed by atoms with Crippen molar-refractivity contribution in [3.05, 3.63) is 194 Å². The molecule has 408 valence electrons. The second-order valence-corrected chi connectivity index (χ2v) is 25.0. The number of hydrogen-bond acceptors (Lipinski definition) is 10. The van der Waals surface area contributed by atoms with Crippen molar-refractivity contribution >= 4 is 34.0 Å². The van der Waals surface area contributed by atoms with Gasteiger partial charge in [-0.15, -0.1) is 34.0 Å². The fourth-order valence-corrected chi connectivity index (χ4v) is 14.3. The highest BCUT2D eigenvalue weighted by Gasteiger charge is 2.26. The Labute approximate surface area is 490 Å². The molecule has 3 aromatic heterocycles. The molecule has 0 bridgehead atoms. The van der Waals surface area contributed by atoms with Gasteiger partial charge in [0.25, 0.3) is 0 Å². The summed E-state index contributed by atoms with van der Waals surface area (Å²) in [6.07, 6.45) is 6.33. The van der Waals surface area contributed by atoms with E-state index < -0.39 is 0 Å². The Morgan fingerprint density at radius 2 is 0.852 bits per heavy atom. The van der Waals surface area contributed by atoms with Gasteiger partial charge in [0, 0.05) is 19.5 Å². The molecular weight excluding hydrogens is 1050 g/mol. The van der Waals surface area contributed by atoms with Crippen LogP contribution >= 0.6 is 34.0 Å². The molecule has 6 aromatic carbocycles. The Balaban J connectivity index is 0.000000136. The van der Waals surface area contributed by atoms with Gasteiger partial charge in [-0.1, -0.05) is 74.5 Å². The Morgan fingerprint density at radius 1 is 0.432 bits per heavy atom. The Bertz CT molecular complexity index is 3480. The van der Waals surface area contributed by atoms with E-state index in [0.29, 0.717) is 45.8 Å². The van der Waals surface area contributed by atoms with E-state index >= 15 is 0 Å². The predicted molar refractivity (Wildman–Crippen MR) is 334 cm³/mol. The summed E-state index contributed by atoms with van der Waals surface area (Å²) >= 11 is 5.24. The van der Waals surface area contributed by atoms with Crippen molar-refractivity contribution in [2.75, 3.05) is 0 Å². The number of aliphatic hydroxyl groups excluding tert-OH is 1. The highest BCUT2D eigenvalue weighted by atomic mass is 32.1. The lowest BCUT2D eigenvalue weighted by Gasteiger charge is -2.12. The maximum absolute atomic E-state index is 10.1. The van der Waals surface area contributed by atoms with E-state index in [2.05, 4.69) is 110 Å². The van der Waals surface area contributed by atoms with Crippen molar-refractivity contribution in [3.63, 3.8) is 0 Å². The number of aliphatic hydroxyl groups is 1. The van der Waals surface area contributed by atoms with Gasteiger partial charge in [0.2, 0.25) is 0 Å². The molecule has 7 nitrogen and oxygen atoms in total. The van der Waals surface area contributed by atoms with Crippen LogP contribution in [0.2, 0.25) is 0 Å². The zero-order valence-electron chi connectivity index (χ0n) is 47.3. The van der Waals surface area contributed by atoms with Crippen molar-refractivity contribution in [1.82, 2.24) is 0 Å². The van der Waals surface area contributed by atoms with Gasteiger partial charge < -0.3 is 19.3 Å². The molecule has 0 amide bonds. The van der Waals surface area contributed by atoms with Crippen LogP contribution in [0.4, 0.5) is 0 Å². The topological polar surface area (TPSA) is 119 Å². The van der Waals surface area contributed by atoms with E-state index in [0.717, 1.165) is 45.5 Å². The summed E-state index contributed by atoms with van der Waals surface area (Å²) in [7, 11) is 0. The van der Waals surface area contributed by atoms with Crippen molar-refractivity contribution in [2.45, 2.75) is 130 Å². The van der Waals surface area contributed by atoms with Gasteiger partial charge in [0.1, 0.15) is 35.5 Å². The highest BCUT2D eigenvalue weighted by molar-refractivity contribution is 7.18. The smallest absolute Gasteiger partial charge is 0.137 e. The fraction of sp³-hybridized carbons (Fsp3) is 0.282. The SMILES string of the molecule is CC(C)Oc1ccc(-c2cc(-c3cccc4c3CCC4O)cs2)cc1C#N.CC(C)Oc1ccc(-c2ccc(-c3cccc4c3CC[C@H]4C)s2)cc1C#N.CC(C)Oc1ccc(-c2csc(-c3cccc4c3CCC4C)c2)cc1C#N.